The van der Waals surface area contributed by atoms with E-state index in [2.05, 4.69) is 43.0 Å². The van der Waals surface area contributed by atoms with Crippen molar-refractivity contribution in [2.24, 2.45) is 5.92 Å². The topological polar surface area (TPSA) is 29.9 Å². The lowest BCUT2D eigenvalue weighted by Crippen LogP contribution is -2.32. The first-order chi connectivity index (χ1) is 9.74. The van der Waals surface area contributed by atoms with E-state index in [9.17, 15) is 0 Å². The van der Waals surface area contributed by atoms with Gasteiger partial charge in [0.1, 0.15) is 0 Å². The van der Waals surface area contributed by atoms with Crippen LogP contribution in [0.1, 0.15) is 77.5 Å². The van der Waals surface area contributed by atoms with Crippen LogP contribution in [0.2, 0.25) is 0 Å². The first-order valence-electron chi connectivity index (χ1n) is 8.52. The highest BCUT2D eigenvalue weighted by atomic mass is 15.3. The molecule has 1 aromatic heterocycles. The van der Waals surface area contributed by atoms with Crippen molar-refractivity contribution >= 4 is 0 Å². The number of nitrogens with one attached hydrogen (secondary N) is 1. The Hall–Kier alpha value is -0.830. The summed E-state index contributed by atoms with van der Waals surface area (Å²) in [7, 11) is 0. The van der Waals surface area contributed by atoms with E-state index < -0.39 is 0 Å². The second-order valence-electron chi connectivity index (χ2n) is 6.33. The van der Waals surface area contributed by atoms with E-state index in [-0.39, 0.29) is 0 Å². The Balaban J connectivity index is 1.83. The molecule has 1 heterocycles. The highest BCUT2D eigenvalue weighted by Crippen LogP contribution is 2.27. The molecule has 0 aliphatic heterocycles. The minimum atomic E-state index is 0.574. The van der Waals surface area contributed by atoms with Gasteiger partial charge in [-0.2, -0.15) is 5.10 Å². The van der Waals surface area contributed by atoms with Crippen molar-refractivity contribution in [1.29, 1.82) is 0 Å². The molecule has 1 aliphatic rings. The van der Waals surface area contributed by atoms with Gasteiger partial charge in [0, 0.05) is 18.8 Å². The minimum absolute atomic E-state index is 0.574. The molecule has 20 heavy (non-hydrogen) atoms. The zero-order valence-electron chi connectivity index (χ0n) is 13.4. The minimum Gasteiger partial charge on any atom is -0.308 e. The third-order valence-electron chi connectivity index (χ3n) is 4.97. The average Bonchev–Trinajstić information content (AvgIpc) is 2.96. The summed E-state index contributed by atoms with van der Waals surface area (Å²) in [5.74, 6) is 0.774. The van der Waals surface area contributed by atoms with Gasteiger partial charge in [-0.05, 0) is 31.7 Å². The summed E-state index contributed by atoms with van der Waals surface area (Å²) < 4.78 is 2.21. The molecular formula is C17H31N3. The van der Waals surface area contributed by atoms with E-state index in [4.69, 9.17) is 5.10 Å². The van der Waals surface area contributed by atoms with Gasteiger partial charge in [0.15, 0.2) is 0 Å². The number of hydrogen-bond acceptors (Lipinski definition) is 2. The van der Waals surface area contributed by atoms with Gasteiger partial charge in [-0.15, -0.1) is 0 Å². The van der Waals surface area contributed by atoms with E-state index in [0.717, 1.165) is 12.5 Å². The number of hydrogen-bond donors (Lipinski definition) is 1. The predicted octanol–water partition coefficient (Wildman–Crippen LogP) is 4.30. The van der Waals surface area contributed by atoms with Crippen LogP contribution in [0, 0.1) is 5.92 Å². The van der Waals surface area contributed by atoms with Crippen LogP contribution in [-0.2, 0) is 6.54 Å². The first kappa shape index (κ1) is 15.6. The number of nitrogens with zero attached hydrogens (tertiary/aromatic N) is 2. The molecule has 0 saturated heterocycles. The van der Waals surface area contributed by atoms with Crippen LogP contribution in [-0.4, -0.2) is 15.8 Å². The van der Waals surface area contributed by atoms with Crippen molar-refractivity contribution in [3.8, 4) is 0 Å². The van der Waals surface area contributed by atoms with Crippen LogP contribution in [0.15, 0.2) is 12.3 Å². The van der Waals surface area contributed by atoms with Gasteiger partial charge in [0.2, 0.25) is 0 Å². The Kier molecular flexibility index (Phi) is 6.08. The van der Waals surface area contributed by atoms with E-state index >= 15 is 0 Å². The summed E-state index contributed by atoms with van der Waals surface area (Å²) in [4.78, 5) is 0. The molecular weight excluding hydrogens is 246 g/mol. The zero-order chi connectivity index (χ0) is 14.4. The van der Waals surface area contributed by atoms with Crippen molar-refractivity contribution in [3.63, 3.8) is 0 Å². The van der Waals surface area contributed by atoms with Crippen LogP contribution >= 0.6 is 0 Å². The molecule has 1 aliphatic carbocycles. The summed E-state index contributed by atoms with van der Waals surface area (Å²) in [6.07, 6.45) is 11.4. The van der Waals surface area contributed by atoms with Gasteiger partial charge in [0.25, 0.3) is 0 Å². The van der Waals surface area contributed by atoms with Crippen molar-refractivity contribution in [2.75, 3.05) is 0 Å². The van der Waals surface area contributed by atoms with Crippen molar-refractivity contribution in [1.82, 2.24) is 15.1 Å². The van der Waals surface area contributed by atoms with Crippen LogP contribution in [0.5, 0.6) is 0 Å². The largest absolute Gasteiger partial charge is 0.308 e. The fourth-order valence-corrected chi connectivity index (χ4v) is 3.45. The van der Waals surface area contributed by atoms with Crippen molar-refractivity contribution in [3.05, 3.63) is 18.0 Å². The standard InChI is InChI=1S/C17H31N3/c1-4-15(5-2)14(3)18-13-16-11-12-20(19-16)17-9-7-6-8-10-17/h11-12,14-15,17-18H,4-10,13H2,1-3H3. The maximum atomic E-state index is 4.77. The molecule has 2 rings (SSSR count). The lowest BCUT2D eigenvalue weighted by molar-refractivity contribution is 0.324. The van der Waals surface area contributed by atoms with Gasteiger partial charge >= 0.3 is 0 Å². The molecule has 0 spiro atoms. The Morgan fingerprint density at radius 2 is 1.95 bits per heavy atom. The molecule has 0 radical (unpaired) electrons. The first-order valence-corrected chi connectivity index (χ1v) is 8.52. The summed E-state index contributed by atoms with van der Waals surface area (Å²) in [5.41, 5.74) is 1.19. The SMILES string of the molecule is CCC(CC)C(C)NCc1ccn(C2CCCCC2)n1. The quantitative estimate of drug-likeness (QED) is 0.805. The summed E-state index contributed by atoms with van der Waals surface area (Å²) in [6.45, 7) is 7.77. The molecule has 3 nitrogen and oxygen atoms in total. The molecule has 1 fully saturated rings. The Morgan fingerprint density at radius 1 is 1.25 bits per heavy atom. The molecule has 0 bridgehead atoms. The summed E-state index contributed by atoms with van der Waals surface area (Å²) in [5, 5.41) is 8.41. The average molecular weight is 277 g/mol. The summed E-state index contributed by atoms with van der Waals surface area (Å²) in [6, 6.07) is 3.40. The molecule has 114 valence electrons. The number of rotatable bonds is 7. The second kappa shape index (κ2) is 7.82. The molecule has 1 atom stereocenters. The molecule has 0 amide bonds. The van der Waals surface area contributed by atoms with Gasteiger partial charge in [-0.25, -0.2) is 0 Å². The normalized spacial score (nSPS) is 18.6. The Labute approximate surface area is 124 Å². The van der Waals surface area contributed by atoms with Gasteiger partial charge in [-0.3, -0.25) is 4.68 Å². The molecule has 3 heteroatoms. The van der Waals surface area contributed by atoms with Gasteiger partial charge in [0.05, 0.1) is 11.7 Å². The third-order valence-corrected chi connectivity index (χ3v) is 4.97. The highest BCUT2D eigenvalue weighted by molar-refractivity contribution is 5.00. The van der Waals surface area contributed by atoms with Gasteiger partial charge in [-0.1, -0.05) is 46.0 Å². The van der Waals surface area contributed by atoms with E-state index in [0.29, 0.717) is 12.1 Å². The van der Waals surface area contributed by atoms with Gasteiger partial charge < -0.3 is 5.32 Å². The smallest absolute Gasteiger partial charge is 0.0762 e. The van der Waals surface area contributed by atoms with Crippen LogP contribution in [0.25, 0.3) is 0 Å². The summed E-state index contributed by atoms with van der Waals surface area (Å²) >= 11 is 0. The van der Waals surface area contributed by atoms with E-state index in [1.54, 1.807) is 0 Å². The van der Waals surface area contributed by atoms with Crippen LogP contribution < -0.4 is 5.32 Å². The van der Waals surface area contributed by atoms with E-state index in [1.165, 1.54) is 50.6 Å². The lowest BCUT2D eigenvalue weighted by Gasteiger charge is -2.23. The molecule has 1 unspecified atom stereocenters. The maximum absolute atomic E-state index is 4.77. The van der Waals surface area contributed by atoms with Crippen molar-refractivity contribution < 1.29 is 0 Å². The Bertz CT molecular complexity index is 375. The van der Waals surface area contributed by atoms with Crippen LogP contribution in [0.3, 0.4) is 0 Å². The van der Waals surface area contributed by atoms with Crippen molar-refractivity contribution in [2.45, 2.75) is 84.3 Å². The monoisotopic (exact) mass is 277 g/mol. The fraction of sp³-hybridized carbons (Fsp3) is 0.824. The predicted molar refractivity (Wildman–Crippen MR) is 84.7 cm³/mol. The molecule has 1 aromatic rings. The molecule has 1 saturated carbocycles. The fourth-order valence-electron chi connectivity index (χ4n) is 3.45. The molecule has 0 aromatic carbocycles. The second-order valence-corrected chi connectivity index (χ2v) is 6.33. The van der Waals surface area contributed by atoms with E-state index in [1.807, 2.05) is 0 Å². The molecule has 1 N–H and O–H groups in total. The third kappa shape index (κ3) is 4.08. The maximum Gasteiger partial charge on any atom is 0.0762 e. The Morgan fingerprint density at radius 3 is 2.60 bits per heavy atom. The lowest BCUT2D eigenvalue weighted by atomic mass is 9.95. The van der Waals surface area contributed by atoms with Crippen LogP contribution in [0.4, 0.5) is 0 Å². The zero-order valence-corrected chi connectivity index (χ0v) is 13.4. The highest BCUT2D eigenvalue weighted by Gasteiger charge is 2.17. The number of aromatic nitrogens is 2.